The van der Waals surface area contributed by atoms with Crippen molar-refractivity contribution < 1.29 is 9.59 Å². The highest BCUT2D eigenvalue weighted by Gasteiger charge is 2.40. The Labute approximate surface area is 168 Å². The molecule has 28 heavy (non-hydrogen) atoms. The molecule has 0 aliphatic carbocycles. The van der Waals surface area contributed by atoms with Crippen LogP contribution in [0.3, 0.4) is 0 Å². The highest BCUT2D eigenvalue weighted by atomic mass is 32.1. The summed E-state index contributed by atoms with van der Waals surface area (Å²) in [4.78, 5) is 27.6. The Balaban J connectivity index is 1.52. The first-order chi connectivity index (χ1) is 13.4. The summed E-state index contributed by atoms with van der Waals surface area (Å²) in [6.07, 6.45) is 2.26. The van der Waals surface area contributed by atoms with E-state index in [-0.39, 0.29) is 23.8 Å². The standard InChI is InChI=1S/C21H24N4O2S/c1-12-6-5-7-14-8-17(28-20(12)14)21(27)22-10-15-9-18(26)24(3)19(15)16-11-23-25(4)13(16)2/h5-8,11,15,19H,9-10H2,1-4H3,(H,22,27)/t15-,19+/m1/s1. The Morgan fingerprint density at radius 2 is 2.11 bits per heavy atom. The molecule has 6 nitrogen and oxygen atoms in total. The molecule has 3 heterocycles. The Morgan fingerprint density at radius 1 is 1.32 bits per heavy atom. The van der Waals surface area contributed by atoms with E-state index in [1.54, 1.807) is 4.90 Å². The molecule has 1 aliphatic rings. The van der Waals surface area contributed by atoms with Crippen molar-refractivity contribution in [1.29, 1.82) is 0 Å². The van der Waals surface area contributed by atoms with E-state index in [2.05, 4.69) is 23.4 Å². The third-order valence-corrected chi connectivity index (χ3v) is 7.06. The number of carbonyl (C=O) groups is 2. The van der Waals surface area contributed by atoms with Gasteiger partial charge in [-0.1, -0.05) is 18.2 Å². The average molecular weight is 397 g/mol. The van der Waals surface area contributed by atoms with Crippen LogP contribution < -0.4 is 5.32 Å². The summed E-state index contributed by atoms with van der Waals surface area (Å²) in [6.45, 7) is 4.52. The Morgan fingerprint density at radius 3 is 2.79 bits per heavy atom. The molecule has 3 aromatic rings. The van der Waals surface area contributed by atoms with Crippen molar-refractivity contribution >= 4 is 33.2 Å². The van der Waals surface area contributed by atoms with E-state index >= 15 is 0 Å². The number of hydrogen-bond donors (Lipinski definition) is 1. The minimum absolute atomic E-state index is 0.0282. The zero-order chi connectivity index (χ0) is 20.0. The first kappa shape index (κ1) is 18.7. The molecule has 2 atom stereocenters. The van der Waals surface area contributed by atoms with Crippen LogP contribution in [0.2, 0.25) is 0 Å². The van der Waals surface area contributed by atoms with Crippen molar-refractivity contribution in [1.82, 2.24) is 20.0 Å². The number of benzene rings is 1. The van der Waals surface area contributed by atoms with E-state index in [4.69, 9.17) is 0 Å². The predicted octanol–water partition coefficient (Wildman–Crippen LogP) is 3.20. The second-order valence-corrected chi connectivity index (χ2v) is 8.59. The summed E-state index contributed by atoms with van der Waals surface area (Å²) < 4.78 is 2.97. The van der Waals surface area contributed by atoms with Crippen LogP contribution in [0, 0.1) is 19.8 Å². The molecule has 1 N–H and O–H groups in total. The van der Waals surface area contributed by atoms with Gasteiger partial charge in [-0.2, -0.15) is 5.10 Å². The van der Waals surface area contributed by atoms with E-state index in [1.165, 1.54) is 16.9 Å². The van der Waals surface area contributed by atoms with Crippen molar-refractivity contribution in [2.45, 2.75) is 26.3 Å². The summed E-state index contributed by atoms with van der Waals surface area (Å²) in [5, 5.41) is 8.47. The molecular formula is C21H24N4O2S. The van der Waals surface area contributed by atoms with Gasteiger partial charge in [0.15, 0.2) is 0 Å². The lowest BCUT2D eigenvalue weighted by molar-refractivity contribution is -0.127. The van der Waals surface area contributed by atoms with Crippen LogP contribution in [0.15, 0.2) is 30.5 Å². The number of nitrogens with one attached hydrogen (secondary N) is 1. The molecule has 0 saturated carbocycles. The van der Waals surface area contributed by atoms with Gasteiger partial charge in [-0.15, -0.1) is 11.3 Å². The lowest BCUT2D eigenvalue weighted by Crippen LogP contribution is -2.32. The summed E-state index contributed by atoms with van der Waals surface area (Å²) >= 11 is 1.52. The summed E-state index contributed by atoms with van der Waals surface area (Å²) in [6, 6.07) is 7.97. The largest absolute Gasteiger partial charge is 0.351 e. The number of fused-ring (bicyclic) bond motifs is 1. The van der Waals surface area contributed by atoms with Gasteiger partial charge in [0.1, 0.15) is 0 Å². The van der Waals surface area contributed by atoms with Crippen molar-refractivity contribution in [2.24, 2.45) is 13.0 Å². The summed E-state index contributed by atoms with van der Waals surface area (Å²) in [5.41, 5.74) is 3.27. The number of hydrogen-bond acceptors (Lipinski definition) is 4. The van der Waals surface area contributed by atoms with Gasteiger partial charge in [-0.3, -0.25) is 14.3 Å². The molecule has 4 rings (SSSR count). The molecule has 7 heteroatoms. The highest BCUT2D eigenvalue weighted by Crippen LogP contribution is 2.38. The van der Waals surface area contributed by atoms with E-state index < -0.39 is 0 Å². The molecule has 1 fully saturated rings. The third kappa shape index (κ3) is 3.09. The van der Waals surface area contributed by atoms with Crippen LogP contribution in [-0.4, -0.2) is 40.1 Å². The van der Waals surface area contributed by atoms with Crippen LogP contribution in [0.1, 0.15) is 39.0 Å². The van der Waals surface area contributed by atoms with Crippen molar-refractivity contribution in [2.75, 3.05) is 13.6 Å². The molecule has 0 unspecified atom stereocenters. The number of likely N-dealkylation sites (tertiary alicyclic amines) is 1. The van der Waals surface area contributed by atoms with Crippen molar-refractivity contribution in [3.05, 3.63) is 52.2 Å². The number of carbonyl (C=O) groups excluding carboxylic acids is 2. The van der Waals surface area contributed by atoms with Crippen LogP contribution in [-0.2, 0) is 11.8 Å². The SMILES string of the molecule is Cc1cccc2cc(C(=O)NC[C@H]3CC(=O)N(C)[C@@H]3c3cnn(C)c3C)sc12. The van der Waals surface area contributed by atoms with Gasteiger partial charge in [0, 0.05) is 48.9 Å². The quantitative estimate of drug-likeness (QED) is 0.736. The third-order valence-electron chi connectivity index (χ3n) is 5.78. The van der Waals surface area contributed by atoms with E-state index in [9.17, 15) is 9.59 Å². The number of aryl methyl sites for hydroxylation is 2. The first-order valence-corrected chi connectivity index (χ1v) is 10.2. The Bertz CT molecular complexity index is 1070. The molecule has 0 bridgehead atoms. The van der Waals surface area contributed by atoms with Gasteiger partial charge in [0.25, 0.3) is 5.91 Å². The van der Waals surface area contributed by atoms with Gasteiger partial charge in [0.05, 0.1) is 17.1 Å². The molecule has 1 aliphatic heterocycles. The topological polar surface area (TPSA) is 67.2 Å². The number of aromatic nitrogens is 2. The average Bonchev–Trinajstić information content (AvgIpc) is 3.32. The minimum atomic E-state index is -0.0794. The molecule has 2 amide bonds. The van der Waals surface area contributed by atoms with E-state index in [0.717, 1.165) is 21.3 Å². The number of nitrogens with zero attached hydrogens (tertiary/aromatic N) is 3. The van der Waals surface area contributed by atoms with Crippen LogP contribution >= 0.6 is 11.3 Å². The lowest BCUT2D eigenvalue weighted by atomic mass is 9.94. The highest BCUT2D eigenvalue weighted by molar-refractivity contribution is 7.21. The lowest BCUT2D eigenvalue weighted by Gasteiger charge is -2.25. The van der Waals surface area contributed by atoms with Gasteiger partial charge in [-0.05, 0) is 30.9 Å². The van der Waals surface area contributed by atoms with Gasteiger partial charge >= 0.3 is 0 Å². The second-order valence-electron chi connectivity index (χ2n) is 7.54. The van der Waals surface area contributed by atoms with Crippen molar-refractivity contribution in [3.63, 3.8) is 0 Å². The molecule has 2 aromatic heterocycles. The fourth-order valence-corrected chi connectivity index (χ4v) is 5.08. The zero-order valence-corrected chi connectivity index (χ0v) is 17.3. The molecular weight excluding hydrogens is 372 g/mol. The second kappa shape index (κ2) is 7.05. The van der Waals surface area contributed by atoms with Crippen LogP contribution in [0.5, 0.6) is 0 Å². The maximum Gasteiger partial charge on any atom is 0.261 e. The molecule has 146 valence electrons. The Kier molecular flexibility index (Phi) is 4.71. The maximum atomic E-state index is 12.7. The smallest absolute Gasteiger partial charge is 0.261 e. The monoisotopic (exact) mass is 396 g/mol. The molecule has 0 radical (unpaired) electrons. The van der Waals surface area contributed by atoms with Gasteiger partial charge < -0.3 is 10.2 Å². The fraction of sp³-hybridized carbons (Fsp3) is 0.381. The number of amides is 2. The summed E-state index contributed by atoms with van der Waals surface area (Å²) in [5.74, 6) is 0.0507. The van der Waals surface area contributed by atoms with E-state index in [1.807, 2.05) is 50.1 Å². The van der Waals surface area contributed by atoms with Crippen LogP contribution in [0.4, 0.5) is 0 Å². The minimum Gasteiger partial charge on any atom is -0.351 e. The summed E-state index contributed by atoms with van der Waals surface area (Å²) in [7, 11) is 3.73. The normalized spacial score (nSPS) is 19.6. The Hall–Kier alpha value is -2.67. The van der Waals surface area contributed by atoms with Crippen molar-refractivity contribution in [3.8, 4) is 0 Å². The molecule has 1 aromatic carbocycles. The van der Waals surface area contributed by atoms with Gasteiger partial charge in [0.2, 0.25) is 5.91 Å². The molecule has 0 spiro atoms. The maximum absolute atomic E-state index is 12.7. The predicted molar refractivity (Wildman–Crippen MR) is 110 cm³/mol. The first-order valence-electron chi connectivity index (χ1n) is 9.38. The van der Waals surface area contributed by atoms with E-state index in [0.29, 0.717) is 17.8 Å². The zero-order valence-electron chi connectivity index (χ0n) is 16.5. The number of thiophene rings is 1. The van der Waals surface area contributed by atoms with Gasteiger partial charge in [-0.25, -0.2) is 0 Å². The molecule has 1 saturated heterocycles. The number of rotatable bonds is 4. The van der Waals surface area contributed by atoms with Crippen LogP contribution in [0.25, 0.3) is 10.1 Å². The fourth-order valence-electron chi connectivity index (χ4n) is 4.04.